The third-order valence-corrected chi connectivity index (χ3v) is 3.37. The lowest BCUT2D eigenvalue weighted by Gasteiger charge is -2.16. The highest BCUT2D eigenvalue weighted by Crippen LogP contribution is 2.29. The van der Waals surface area contributed by atoms with E-state index in [0.29, 0.717) is 5.41 Å². The van der Waals surface area contributed by atoms with Crippen LogP contribution in [0.25, 0.3) is 0 Å². The van der Waals surface area contributed by atoms with Crippen molar-refractivity contribution in [2.24, 2.45) is 5.41 Å². The van der Waals surface area contributed by atoms with Crippen LogP contribution in [0.1, 0.15) is 40.0 Å². The average Bonchev–Trinajstić information content (AvgIpc) is 1.78. The first kappa shape index (κ1) is 11.9. The maximum Gasteiger partial charge on any atom is 0.241 e. The maximum absolute atomic E-state index is 5.01. The van der Waals surface area contributed by atoms with Crippen molar-refractivity contribution in [2.75, 3.05) is 6.16 Å². The highest BCUT2D eigenvalue weighted by molar-refractivity contribution is 8.56. The molecule has 0 rings (SSSR count). The van der Waals surface area contributed by atoms with E-state index in [1.807, 2.05) is 0 Å². The first-order valence-corrected chi connectivity index (χ1v) is 7.75. The van der Waals surface area contributed by atoms with Crippen LogP contribution >= 0.6 is 18.1 Å². The SMILES string of the molecule is CC(C)(C)CCCC[P+](=S)S. The van der Waals surface area contributed by atoms with E-state index in [4.69, 9.17) is 11.8 Å². The van der Waals surface area contributed by atoms with Crippen LogP contribution < -0.4 is 0 Å². The Labute approximate surface area is 81.7 Å². The molecule has 0 saturated carbocycles. The van der Waals surface area contributed by atoms with E-state index in [-0.39, 0.29) is 5.90 Å². The van der Waals surface area contributed by atoms with Gasteiger partial charge in [0.1, 0.15) is 6.16 Å². The molecule has 0 amide bonds. The summed E-state index contributed by atoms with van der Waals surface area (Å²) in [6, 6.07) is 0. The van der Waals surface area contributed by atoms with Gasteiger partial charge in [0.05, 0.1) is 12.2 Å². The molecule has 1 unspecified atom stereocenters. The Morgan fingerprint density at radius 2 is 1.82 bits per heavy atom. The second-order valence-corrected chi connectivity index (χ2v) is 8.83. The smallest absolute Gasteiger partial charge is 0.0602 e. The summed E-state index contributed by atoms with van der Waals surface area (Å²) in [5.41, 5.74) is 0.487. The van der Waals surface area contributed by atoms with Gasteiger partial charge in [-0.25, -0.2) is 0 Å². The molecular weight excluding hydrogens is 191 g/mol. The monoisotopic (exact) mass is 209 g/mol. The van der Waals surface area contributed by atoms with Crippen LogP contribution in [0.2, 0.25) is 0 Å². The van der Waals surface area contributed by atoms with Crippen LogP contribution in [0.5, 0.6) is 0 Å². The van der Waals surface area contributed by atoms with E-state index in [9.17, 15) is 0 Å². The van der Waals surface area contributed by atoms with Crippen LogP contribution in [0.15, 0.2) is 0 Å². The molecular formula is C8H18PS2+. The Hall–Kier alpha value is 0.870. The summed E-state index contributed by atoms with van der Waals surface area (Å²) in [6.45, 7) is 6.85. The predicted molar refractivity (Wildman–Crippen MR) is 61.4 cm³/mol. The van der Waals surface area contributed by atoms with Gasteiger partial charge in [-0.05, 0) is 24.7 Å². The molecule has 0 aliphatic rings. The van der Waals surface area contributed by atoms with Gasteiger partial charge < -0.3 is 0 Å². The van der Waals surface area contributed by atoms with Crippen molar-refractivity contribution >= 4 is 30.0 Å². The largest absolute Gasteiger partial charge is 0.241 e. The van der Waals surface area contributed by atoms with Crippen molar-refractivity contribution in [1.82, 2.24) is 0 Å². The Morgan fingerprint density at radius 1 is 1.27 bits per heavy atom. The van der Waals surface area contributed by atoms with Crippen molar-refractivity contribution < 1.29 is 0 Å². The molecule has 11 heavy (non-hydrogen) atoms. The summed E-state index contributed by atoms with van der Waals surface area (Å²) in [4.78, 5) is 0. The van der Waals surface area contributed by atoms with E-state index in [0.717, 1.165) is 6.16 Å². The fraction of sp³-hybridized carbons (Fsp3) is 1.00. The molecule has 3 heteroatoms. The first-order chi connectivity index (χ1) is 4.92. The van der Waals surface area contributed by atoms with E-state index >= 15 is 0 Å². The highest BCUT2D eigenvalue weighted by Gasteiger charge is 2.10. The Kier molecular flexibility index (Phi) is 5.94. The fourth-order valence-electron chi connectivity index (χ4n) is 0.902. The van der Waals surface area contributed by atoms with E-state index in [1.165, 1.54) is 19.3 Å². The molecule has 0 heterocycles. The minimum atomic E-state index is -0.370. The summed E-state index contributed by atoms with van der Waals surface area (Å²) in [7, 11) is 0. The molecule has 0 fully saturated rings. The molecule has 0 aromatic carbocycles. The van der Waals surface area contributed by atoms with Crippen LogP contribution in [-0.2, 0) is 11.8 Å². The summed E-state index contributed by atoms with van der Waals surface area (Å²) in [6.07, 6.45) is 5.01. The molecule has 0 aromatic heterocycles. The fourth-order valence-corrected chi connectivity index (χ4v) is 2.21. The molecule has 0 aliphatic carbocycles. The van der Waals surface area contributed by atoms with Crippen molar-refractivity contribution in [2.45, 2.75) is 40.0 Å². The van der Waals surface area contributed by atoms with Gasteiger partial charge in [-0.1, -0.05) is 20.8 Å². The standard InChI is InChI=1S/C8H17PS2/c1-8(2,3)6-4-5-7-9(10)11/h4-7H2,1-3H3/p+1. The van der Waals surface area contributed by atoms with Crippen molar-refractivity contribution in [3.05, 3.63) is 0 Å². The van der Waals surface area contributed by atoms with Crippen LogP contribution in [0.4, 0.5) is 0 Å². The quantitative estimate of drug-likeness (QED) is 0.415. The molecule has 0 N–H and O–H groups in total. The zero-order valence-corrected chi connectivity index (χ0v) is 10.2. The summed E-state index contributed by atoms with van der Waals surface area (Å²) in [5, 5.41) is 0. The minimum Gasteiger partial charge on any atom is -0.0602 e. The third kappa shape index (κ3) is 10.9. The zero-order valence-electron chi connectivity index (χ0n) is 7.63. The minimum absolute atomic E-state index is 0.370. The van der Waals surface area contributed by atoms with Gasteiger partial charge in [0, 0.05) is 0 Å². The normalized spacial score (nSPS) is 13.3. The molecule has 0 saturated heterocycles. The molecule has 0 nitrogen and oxygen atoms in total. The molecule has 1 atom stereocenters. The number of hydrogen-bond acceptors (Lipinski definition) is 1. The predicted octanol–water partition coefficient (Wildman–Crippen LogP) is 3.99. The van der Waals surface area contributed by atoms with Gasteiger partial charge >= 0.3 is 0 Å². The van der Waals surface area contributed by atoms with Gasteiger partial charge in [-0.15, -0.1) is 0 Å². The number of rotatable bonds is 4. The second-order valence-electron chi connectivity index (χ2n) is 4.09. The van der Waals surface area contributed by atoms with Gasteiger partial charge in [0.25, 0.3) is 0 Å². The van der Waals surface area contributed by atoms with Crippen LogP contribution in [0, 0.1) is 5.41 Å². The van der Waals surface area contributed by atoms with Gasteiger partial charge in [0.15, 0.2) is 11.8 Å². The van der Waals surface area contributed by atoms with Crippen LogP contribution in [0.3, 0.4) is 0 Å². The second kappa shape index (κ2) is 5.50. The number of unbranched alkanes of at least 4 members (excludes halogenated alkanes) is 1. The van der Waals surface area contributed by atoms with Crippen molar-refractivity contribution in [3.8, 4) is 0 Å². The molecule has 0 radical (unpaired) electrons. The van der Waals surface area contributed by atoms with Crippen LogP contribution in [-0.4, -0.2) is 6.16 Å². The number of hydrogen-bond donors (Lipinski definition) is 1. The van der Waals surface area contributed by atoms with Gasteiger partial charge in [-0.3, -0.25) is 0 Å². The van der Waals surface area contributed by atoms with E-state index < -0.39 is 0 Å². The molecule has 0 aromatic rings. The third-order valence-electron chi connectivity index (χ3n) is 1.53. The summed E-state index contributed by atoms with van der Waals surface area (Å²) < 4.78 is 0. The summed E-state index contributed by atoms with van der Waals surface area (Å²) in [5.74, 6) is -0.370. The maximum atomic E-state index is 5.01. The van der Waals surface area contributed by atoms with E-state index in [2.05, 4.69) is 33.0 Å². The Morgan fingerprint density at radius 3 is 2.18 bits per heavy atom. The molecule has 66 valence electrons. The lowest BCUT2D eigenvalue weighted by atomic mass is 9.90. The Balaban J connectivity index is 3.22. The average molecular weight is 209 g/mol. The Bertz CT molecular complexity index is 127. The highest BCUT2D eigenvalue weighted by atomic mass is 32.9. The molecule has 0 spiro atoms. The molecule has 0 aliphatic heterocycles. The zero-order chi connectivity index (χ0) is 8.91. The lowest BCUT2D eigenvalue weighted by molar-refractivity contribution is 0.364. The molecule has 0 bridgehead atoms. The van der Waals surface area contributed by atoms with E-state index in [1.54, 1.807) is 0 Å². The van der Waals surface area contributed by atoms with Crippen molar-refractivity contribution in [3.63, 3.8) is 0 Å². The first-order valence-electron chi connectivity index (χ1n) is 4.05. The number of thiol groups is 1. The van der Waals surface area contributed by atoms with Crippen molar-refractivity contribution in [1.29, 1.82) is 0 Å². The summed E-state index contributed by atoms with van der Waals surface area (Å²) >= 11 is 9.24. The van der Waals surface area contributed by atoms with Gasteiger partial charge in [0.2, 0.25) is 5.90 Å². The lowest BCUT2D eigenvalue weighted by Crippen LogP contribution is -2.04. The van der Waals surface area contributed by atoms with Gasteiger partial charge in [-0.2, -0.15) is 0 Å². The topological polar surface area (TPSA) is 0 Å².